The molecule has 2 saturated carbocycles. The van der Waals surface area contributed by atoms with Gasteiger partial charge in [-0.05, 0) is 19.3 Å². The Morgan fingerprint density at radius 1 is 1.10 bits per heavy atom. The van der Waals surface area contributed by atoms with Crippen molar-refractivity contribution in [3.8, 4) is 0 Å². The summed E-state index contributed by atoms with van der Waals surface area (Å²) in [6, 6.07) is 0.452. The molecule has 7 heteroatoms. The van der Waals surface area contributed by atoms with Gasteiger partial charge in [-0.25, -0.2) is 0 Å². The van der Waals surface area contributed by atoms with Crippen molar-refractivity contribution in [1.29, 1.82) is 0 Å². The number of nitrogens with one attached hydrogen (secondary N) is 2. The summed E-state index contributed by atoms with van der Waals surface area (Å²) in [5.41, 5.74) is 0.538. The normalized spacial score (nSPS) is 33.9. The van der Waals surface area contributed by atoms with Gasteiger partial charge in [0.1, 0.15) is 0 Å². The molecule has 4 aliphatic rings. The molecule has 6 nitrogen and oxygen atoms in total. The van der Waals surface area contributed by atoms with Gasteiger partial charge in [-0.15, -0.1) is 24.0 Å². The highest BCUT2D eigenvalue weighted by molar-refractivity contribution is 14.0. The summed E-state index contributed by atoms with van der Waals surface area (Å²) in [4.78, 5) is 7.19. The number of aliphatic imine (C=N–C) groups is 1. The molecular formula is C22H41IN4O2. The molecule has 2 aliphatic heterocycles. The molecule has 3 atom stereocenters. The molecule has 2 N–H and O–H groups in total. The molecule has 2 heterocycles. The van der Waals surface area contributed by atoms with E-state index in [2.05, 4.69) is 34.4 Å². The van der Waals surface area contributed by atoms with Gasteiger partial charge in [0.25, 0.3) is 0 Å². The van der Waals surface area contributed by atoms with Crippen molar-refractivity contribution in [3.05, 3.63) is 0 Å². The van der Waals surface area contributed by atoms with Crippen LogP contribution >= 0.6 is 24.0 Å². The van der Waals surface area contributed by atoms with Crippen LogP contribution in [0.25, 0.3) is 0 Å². The van der Waals surface area contributed by atoms with E-state index in [1.165, 1.54) is 45.1 Å². The fourth-order valence-corrected chi connectivity index (χ4v) is 6.16. The molecule has 0 aromatic carbocycles. The number of rotatable bonds is 5. The van der Waals surface area contributed by atoms with E-state index in [1.807, 2.05) is 7.05 Å². The fourth-order valence-electron chi connectivity index (χ4n) is 6.16. The van der Waals surface area contributed by atoms with E-state index in [9.17, 15) is 0 Å². The maximum Gasteiger partial charge on any atom is 0.191 e. The Bertz CT molecular complexity index is 559. The highest BCUT2D eigenvalue weighted by Gasteiger charge is 2.59. The first kappa shape index (κ1) is 23.5. The van der Waals surface area contributed by atoms with Gasteiger partial charge in [-0.1, -0.05) is 33.1 Å². The van der Waals surface area contributed by atoms with Crippen LogP contribution in [0.2, 0.25) is 0 Å². The third-order valence-corrected chi connectivity index (χ3v) is 7.82. The van der Waals surface area contributed by atoms with E-state index >= 15 is 0 Å². The molecule has 0 amide bonds. The summed E-state index contributed by atoms with van der Waals surface area (Å²) < 4.78 is 11.5. The lowest BCUT2D eigenvalue weighted by atomic mass is 9.57. The zero-order chi connectivity index (χ0) is 19.6. The molecule has 3 unspecified atom stereocenters. The fraction of sp³-hybridized carbons (Fsp3) is 0.955. The maximum atomic E-state index is 5.95. The van der Waals surface area contributed by atoms with E-state index in [0.29, 0.717) is 23.5 Å². The molecule has 4 fully saturated rings. The van der Waals surface area contributed by atoms with E-state index in [0.717, 1.165) is 45.4 Å². The minimum Gasteiger partial charge on any atom is -0.379 e. The van der Waals surface area contributed by atoms with Crippen LogP contribution in [0.4, 0.5) is 0 Å². The average molecular weight is 521 g/mol. The number of guanidine groups is 1. The van der Waals surface area contributed by atoms with Crippen LogP contribution in [0.1, 0.15) is 52.4 Å². The van der Waals surface area contributed by atoms with Crippen LogP contribution in [0, 0.1) is 16.7 Å². The molecule has 0 aromatic rings. The van der Waals surface area contributed by atoms with Crippen LogP contribution in [-0.4, -0.2) is 76.1 Å². The Labute approximate surface area is 194 Å². The standard InChI is InChI=1S/C22H40N4O2.HI/c1-21(2)18(17-7-12-28-19(17)21)25-20(23-3)24-15-22(8-5-4-6-9-22)16-26-10-13-27-14-11-26;/h17-19H,4-16H2,1-3H3,(H2,23,24,25);1H. The van der Waals surface area contributed by atoms with Crippen molar-refractivity contribution in [1.82, 2.24) is 15.5 Å². The quantitative estimate of drug-likeness (QED) is 0.332. The number of nitrogens with zero attached hydrogens (tertiary/aromatic N) is 2. The van der Waals surface area contributed by atoms with Gasteiger partial charge in [-0.2, -0.15) is 0 Å². The highest BCUT2D eigenvalue weighted by Crippen LogP contribution is 2.52. The van der Waals surface area contributed by atoms with Gasteiger partial charge in [0.05, 0.1) is 19.3 Å². The number of hydrogen-bond acceptors (Lipinski definition) is 4. The summed E-state index contributed by atoms with van der Waals surface area (Å²) in [5.74, 6) is 1.60. The van der Waals surface area contributed by atoms with Gasteiger partial charge in [-0.3, -0.25) is 9.89 Å². The molecule has 168 valence electrons. The van der Waals surface area contributed by atoms with Gasteiger partial charge >= 0.3 is 0 Å². The second-order valence-electron chi connectivity index (χ2n) is 10.1. The van der Waals surface area contributed by atoms with Crippen LogP contribution < -0.4 is 10.6 Å². The molecule has 2 aliphatic carbocycles. The summed E-state index contributed by atoms with van der Waals surface area (Å²) in [6.07, 6.45) is 8.32. The molecular weight excluding hydrogens is 479 g/mol. The van der Waals surface area contributed by atoms with Crippen molar-refractivity contribution in [2.45, 2.75) is 64.5 Å². The molecule has 0 bridgehead atoms. The average Bonchev–Trinajstić information content (AvgIpc) is 3.17. The minimum atomic E-state index is 0. The first-order valence-electron chi connectivity index (χ1n) is 11.4. The molecule has 0 aromatic heterocycles. The summed E-state index contributed by atoms with van der Waals surface area (Å²) >= 11 is 0. The predicted octanol–water partition coefficient (Wildman–Crippen LogP) is 2.87. The van der Waals surface area contributed by atoms with E-state index < -0.39 is 0 Å². The lowest BCUT2D eigenvalue weighted by molar-refractivity contribution is -0.106. The van der Waals surface area contributed by atoms with Crippen LogP contribution in [-0.2, 0) is 9.47 Å². The lowest BCUT2D eigenvalue weighted by Crippen LogP contribution is -2.68. The highest BCUT2D eigenvalue weighted by atomic mass is 127. The van der Waals surface area contributed by atoms with Gasteiger partial charge in [0, 0.05) is 62.6 Å². The van der Waals surface area contributed by atoms with Crippen molar-refractivity contribution in [3.63, 3.8) is 0 Å². The van der Waals surface area contributed by atoms with Crippen molar-refractivity contribution < 1.29 is 9.47 Å². The second-order valence-corrected chi connectivity index (χ2v) is 10.1. The zero-order valence-corrected chi connectivity index (χ0v) is 20.9. The number of morpholine rings is 1. The Morgan fingerprint density at radius 2 is 1.83 bits per heavy atom. The molecule has 29 heavy (non-hydrogen) atoms. The third-order valence-electron chi connectivity index (χ3n) is 7.82. The van der Waals surface area contributed by atoms with Crippen molar-refractivity contribution >= 4 is 29.9 Å². The largest absolute Gasteiger partial charge is 0.379 e. The first-order valence-corrected chi connectivity index (χ1v) is 11.4. The van der Waals surface area contributed by atoms with Gasteiger partial charge < -0.3 is 20.1 Å². The van der Waals surface area contributed by atoms with Crippen molar-refractivity contribution in [2.24, 2.45) is 21.7 Å². The van der Waals surface area contributed by atoms with Crippen molar-refractivity contribution in [2.75, 3.05) is 53.0 Å². The predicted molar refractivity (Wildman–Crippen MR) is 128 cm³/mol. The maximum absolute atomic E-state index is 5.95. The van der Waals surface area contributed by atoms with E-state index in [1.54, 1.807) is 0 Å². The smallest absolute Gasteiger partial charge is 0.191 e. The van der Waals surface area contributed by atoms with Gasteiger partial charge in [0.15, 0.2) is 5.96 Å². The molecule has 4 rings (SSSR count). The van der Waals surface area contributed by atoms with Crippen LogP contribution in [0.15, 0.2) is 4.99 Å². The number of hydrogen-bond donors (Lipinski definition) is 2. The van der Waals surface area contributed by atoms with Gasteiger partial charge in [0.2, 0.25) is 0 Å². The topological polar surface area (TPSA) is 58.1 Å². The second kappa shape index (κ2) is 10.0. The van der Waals surface area contributed by atoms with E-state index in [4.69, 9.17) is 9.47 Å². The Kier molecular flexibility index (Phi) is 8.12. The van der Waals surface area contributed by atoms with E-state index in [-0.39, 0.29) is 29.4 Å². The number of fused-ring (bicyclic) bond motifs is 1. The summed E-state index contributed by atoms with van der Waals surface area (Å²) in [7, 11) is 1.90. The summed E-state index contributed by atoms with van der Waals surface area (Å²) in [5, 5.41) is 7.48. The minimum absolute atomic E-state index is 0. The lowest BCUT2D eigenvalue weighted by Gasteiger charge is -2.55. The summed E-state index contributed by atoms with van der Waals surface area (Å²) in [6.45, 7) is 11.7. The monoisotopic (exact) mass is 520 g/mol. The Hall–Kier alpha value is -0.120. The van der Waals surface area contributed by atoms with Crippen LogP contribution in [0.3, 0.4) is 0 Å². The zero-order valence-electron chi connectivity index (χ0n) is 18.5. The molecule has 2 saturated heterocycles. The Morgan fingerprint density at radius 3 is 2.52 bits per heavy atom. The SMILES string of the molecule is CN=C(NCC1(CN2CCOCC2)CCCCC1)NC1C2CCOC2C1(C)C.I. The Balaban J connectivity index is 0.00000240. The third kappa shape index (κ3) is 5.04. The molecule has 0 radical (unpaired) electrons. The number of ether oxygens (including phenoxy) is 2. The van der Waals surface area contributed by atoms with Crippen LogP contribution in [0.5, 0.6) is 0 Å². The first-order chi connectivity index (χ1) is 13.5. The molecule has 0 spiro atoms. The number of halogens is 1.